The second-order valence-electron chi connectivity index (χ2n) is 5.85. The first-order chi connectivity index (χ1) is 11.7. The van der Waals surface area contributed by atoms with Crippen molar-refractivity contribution >= 4 is 32.8 Å². The van der Waals surface area contributed by atoms with Crippen molar-refractivity contribution in [1.82, 2.24) is 19.1 Å². The van der Waals surface area contributed by atoms with E-state index in [1.807, 2.05) is 13.0 Å². The third-order valence-electron chi connectivity index (χ3n) is 4.29. The predicted octanol–water partition coefficient (Wildman–Crippen LogP) is 1.07. The molecule has 8 nitrogen and oxygen atoms in total. The number of carbonyl (C=O) groups is 1. The van der Waals surface area contributed by atoms with Gasteiger partial charge in [-0.3, -0.25) is 9.48 Å². The topological polar surface area (TPSA) is 111 Å². The van der Waals surface area contributed by atoms with Crippen molar-refractivity contribution in [3.05, 3.63) is 33.5 Å². The van der Waals surface area contributed by atoms with Crippen LogP contribution in [0.2, 0.25) is 0 Å². The van der Waals surface area contributed by atoms with Gasteiger partial charge in [-0.2, -0.15) is 9.40 Å². The molecule has 0 saturated carbocycles. The smallest absolute Gasteiger partial charge is 0.277 e. The summed E-state index contributed by atoms with van der Waals surface area (Å²) in [6.45, 7) is 4.22. The number of hydrogen-bond donors (Lipinski definition) is 1. The summed E-state index contributed by atoms with van der Waals surface area (Å²) in [5.74, 6) is -0.549. The Labute approximate surface area is 150 Å². The second kappa shape index (κ2) is 6.36. The van der Waals surface area contributed by atoms with Crippen LogP contribution in [-0.4, -0.2) is 46.5 Å². The lowest BCUT2D eigenvalue weighted by atomic mass is 10.1. The minimum atomic E-state index is -3.58. The average molecular weight is 381 g/mol. The molecule has 1 aliphatic heterocycles. The molecule has 3 heterocycles. The highest BCUT2D eigenvalue weighted by Gasteiger charge is 2.30. The van der Waals surface area contributed by atoms with Gasteiger partial charge in [-0.1, -0.05) is 6.08 Å². The molecule has 0 atom stereocenters. The van der Waals surface area contributed by atoms with Crippen LogP contribution in [0.25, 0.3) is 5.57 Å². The van der Waals surface area contributed by atoms with Crippen LogP contribution in [0.4, 0.5) is 0 Å². The van der Waals surface area contributed by atoms with Gasteiger partial charge in [0.2, 0.25) is 10.0 Å². The maximum Gasteiger partial charge on any atom is 0.277 e. The Morgan fingerprint density at radius 1 is 1.36 bits per heavy atom. The van der Waals surface area contributed by atoms with E-state index in [1.54, 1.807) is 18.7 Å². The summed E-state index contributed by atoms with van der Waals surface area (Å²) in [7, 11) is -1.87. The molecule has 0 spiro atoms. The molecule has 0 fully saturated rings. The van der Waals surface area contributed by atoms with Crippen molar-refractivity contribution in [2.24, 2.45) is 12.8 Å². The number of sulfonamides is 1. The summed E-state index contributed by atoms with van der Waals surface area (Å²) in [4.78, 5) is 16.7. The lowest BCUT2D eigenvalue weighted by Gasteiger charge is -2.25. The van der Waals surface area contributed by atoms with Crippen molar-refractivity contribution in [1.29, 1.82) is 0 Å². The van der Waals surface area contributed by atoms with Crippen molar-refractivity contribution in [2.45, 2.75) is 25.2 Å². The van der Waals surface area contributed by atoms with Crippen LogP contribution >= 0.6 is 11.3 Å². The molecular formula is C15H19N5O3S2. The fourth-order valence-electron chi connectivity index (χ4n) is 2.75. The van der Waals surface area contributed by atoms with Crippen LogP contribution in [0.5, 0.6) is 0 Å². The highest BCUT2D eigenvalue weighted by atomic mass is 32.2. The largest absolute Gasteiger partial charge is 0.364 e. The second-order valence-corrected chi connectivity index (χ2v) is 8.96. The number of nitrogens with two attached hydrogens (primary N) is 1. The van der Waals surface area contributed by atoms with Gasteiger partial charge in [0.05, 0.1) is 17.6 Å². The van der Waals surface area contributed by atoms with Crippen molar-refractivity contribution in [3.8, 4) is 0 Å². The molecular weight excluding hydrogens is 362 g/mol. The predicted molar refractivity (Wildman–Crippen MR) is 94.7 cm³/mol. The fraction of sp³-hybridized carbons (Fsp3) is 0.400. The quantitative estimate of drug-likeness (QED) is 0.851. The Hall–Kier alpha value is -2.04. The van der Waals surface area contributed by atoms with Crippen LogP contribution in [0.1, 0.15) is 32.5 Å². The van der Waals surface area contributed by atoms with Crippen molar-refractivity contribution in [3.63, 3.8) is 0 Å². The number of primary amides is 1. The van der Waals surface area contributed by atoms with Gasteiger partial charge in [0.25, 0.3) is 5.91 Å². The summed E-state index contributed by atoms with van der Waals surface area (Å²) >= 11 is 1.25. The molecule has 2 aromatic rings. The molecule has 10 heteroatoms. The van der Waals surface area contributed by atoms with Crippen LogP contribution in [0.15, 0.2) is 17.2 Å². The first-order valence-electron chi connectivity index (χ1n) is 7.67. The fourth-order valence-corrected chi connectivity index (χ4v) is 5.12. The third-order valence-corrected chi connectivity index (χ3v) is 7.24. The van der Waals surface area contributed by atoms with Gasteiger partial charge in [-0.05, 0) is 25.8 Å². The van der Waals surface area contributed by atoms with Gasteiger partial charge < -0.3 is 5.73 Å². The molecule has 3 rings (SSSR count). The Bertz CT molecular complexity index is 971. The van der Waals surface area contributed by atoms with Crippen LogP contribution in [0, 0.1) is 13.8 Å². The summed E-state index contributed by atoms with van der Waals surface area (Å²) in [6, 6.07) is 0. The number of carbonyl (C=O) groups excluding carboxylic acids is 1. The zero-order valence-electron chi connectivity index (χ0n) is 14.2. The molecule has 0 aromatic carbocycles. The van der Waals surface area contributed by atoms with Gasteiger partial charge >= 0.3 is 0 Å². The van der Waals surface area contributed by atoms with E-state index < -0.39 is 15.9 Å². The Kier molecular flexibility index (Phi) is 4.52. The summed E-state index contributed by atoms with van der Waals surface area (Å²) in [6.07, 6.45) is 3.76. The molecule has 134 valence electrons. The van der Waals surface area contributed by atoms with E-state index in [0.717, 1.165) is 16.1 Å². The van der Waals surface area contributed by atoms with Crippen molar-refractivity contribution < 1.29 is 13.2 Å². The SMILES string of the molecule is Cc1sc(C(N)=O)nc1C1=CCN(S(=O)(=O)c2cnn(C)c2C)CC1. The first-order valence-corrected chi connectivity index (χ1v) is 9.93. The van der Waals surface area contributed by atoms with E-state index in [0.29, 0.717) is 18.7 Å². The summed E-state index contributed by atoms with van der Waals surface area (Å²) < 4.78 is 28.6. The molecule has 2 aromatic heterocycles. The molecule has 25 heavy (non-hydrogen) atoms. The molecule has 0 bridgehead atoms. The number of nitrogens with zero attached hydrogens (tertiary/aromatic N) is 4. The molecule has 1 amide bonds. The zero-order chi connectivity index (χ0) is 18.4. The number of thiazole rings is 1. The van der Waals surface area contributed by atoms with Gasteiger partial charge in [-0.15, -0.1) is 11.3 Å². The normalized spacial score (nSPS) is 16.0. The van der Waals surface area contributed by atoms with Gasteiger partial charge in [0, 0.05) is 25.0 Å². The Balaban J connectivity index is 1.85. The highest BCUT2D eigenvalue weighted by molar-refractivity contribution is 7.89. The number of aromatic nitrogens is 3. The molecule has 0 radical (unpaired) electrons. The van der Waals surface area contributed by atoms with Crippen LogP contribution in [-0.2, 0) is 17.1 Å². The minimum absolute atomic E-state index is 0.229. The molecule has 0 saturated heterocycles. The standard InChI is InChI=1S/C15H19N5O3S2/c1-9-12(8-17-19(9)3)25(22,23)20-6-4-11(5-7-20)13-10(2)24-15(18-13)14(16)21/h4,8H,5-7H2,1-3H3,(H2,16,21). The van der Waals surface area contributed by atoms with Crippen LogP contribution < -0.4 is 5.73 Å². The maximum absolute atomic E-state index is 12.8. The monoisotopic (exact) mass is 381 g/mol. The number of rotatable bonds is 4. The zero-order valence-corrected chi connectivity index (χ0v) is 15.8. The van der Waals surface area contributed by atoms with Crippen LogP contribution in [0.3, 0.4) is 0 Å². The van der Waals surface area contributed by atoms with E-state index in [-0.39, 0.29) is 16.4 Å². The van der Waals surface area contributed by atoms with E-state index in [9.17, 15) is 13.2 Å². The third kappa shape index (κ3) is 3.12. The van der Waals surface area contributed by atoms with E-state index in [1.165, 1.54) is 21.8 Å². The summed E-state index contributed by atoms with van der Waals surface area (Å²) in [5.41, 5.74) is 7.56. The Morgan fingerprint density at radius 2 is 2.08 bits per heavy atom. The molecule has 0 unspecified atom stereocenters. The lowest BCUT2D eigenvalue weighted by molar-refractivity contribution is 0.1000. The first kappa shape index (κ1) is 17.8. The minimum Gasteiger partial charge on any atom is -0.364 e. The molecule has 0 aliphatic carbocycles. The van der Waals surface area contributed by atoms with E-state index in [4.69, 9.17) is 5.73 Å². The summed E-state index contributed by atoms with van der Waals surface area (Å²) in [5, 5.41) is 4.29. The number of aryl methyl sites for hydroxylation is 2. The van der Waals surface area contributed by atoms with Gasteiger partial charge in [0.1, 0.15) is 4.90 Å². The van der Waals surface area contributed by atoms with Gasteiger partial charge in [0.15, 0.2) is 5.01 Å². The average Bonchev–Trinajstić information content (AvgIpc) is 3.11. The maximum atomic E-state index is 12.8. The Morgan fingerprint density at radius 3 is 2.56 bits per heavy atom. The molecule has 1 aliphatic rings. The molecule has 2 N–H and O–H groups in total. The highest BCUT2D eigenvalue weighted by Crippen LogP contribution is 2.30. The van der Waals surface area contributed by atoms with E-state index in [2.05, 4.69) is 10.1 Å². The number of amides is 1. The van der Waals surface area contributed by atoms with Crippen molar-refractivity contribution in [2.75, 3.05) is 13.1 Å². The van der Waals surface area contributed by atoms with E-state index >= 15 is 0 Å². The number of hydrogen-bond acceptors (Lipinski definition) is 6. The van der Waals surface area contributed by atoms with Gasteiger partial charge in [-0.25, -0.2) is 13.4 Å². The lowest BCUT2D eigenvalue weighted by Crippen LogP contribution is -2.35.